The minimum Gasteiger partial charge on any atom is -0.371 e. The molecule has 8 heteroatoms. The zero-order valence-corrected chi connectivity index (χ0v) is 19.0. The maximum absolute atomic E-state index is 4.96. The number of nitrogens with zero attached hydrogens (tertiary/aromatic N) is 5. The highest BCUT2D eigenvalue weighted by atomic mass is 32.1. The summed E-state index contributed by atoms with van der Waals surface area (Å²) in [4.78, 5) is 17.3. The van der Waals surface area contributed by atoms with Crippen molar-refractivity contribution in [2.75, 3.05) is 39.5 Å². The van der Waals surface area contributed by atoms with E-state index in [2.05, 4.69) is 65.8 Å². The molecule has 30 heavy (non-hydrogen) atoms. The van der Waals surface area contributed by atoms with Crippen LogP contribution in [0, 0.1) is 0 Å². The molecule has 3 aromatic heterocycles. The molecule has 1 aromatic carbocycles. The van der Waals surface area contributed by atoms with Gasteiger partial charge in [-0.05, 0) is 52.2 Å². The van der Waals surface area contributed by atoms with E-state index in [1.54, 1.807) is 11.3 Å². The predicted molar refractivity (Wildman–Crippen MR) is 126 cm³/mol. The van der Waals surface area contributed by atoms with Crippen LogP contribution in [0.3, 0.4) is 0 Å². The number of imidazole rings is 1. The van der Waals surface area contributed by atoms with Gasteiger partial charge >= 0.3 is 0 Å². The molecular formula is C22H29N7S. The van der Waals surface area contributed by atoms with E-state index < -0.39 is 0 Å². The number of thiazole rings is 1. The summed E-state index contributed by atoms with van der Waals surface area (Å²) in [5.74, 6) is 0.789. The number of fused-ring (bicyclic) bond motifs is 3. The van der Waals surface area contributed by atoms with Crippen molar-refractivity contribution in [1.82, 2.24) is 29.7 Å². The summed E-state index contributed by atoms with van der Waals surface area (Å²) in [6, 6.07) is 8.94. The van der Waals surface area contributed by atoms with Crippen LogP contribution in [0.15, 0.2) is 30.6 Å². The fraction of sp³-hybridized carbons (Fsp3) is 0.409. The lowest BCUT2D eigenvalue weighted by atomic mass is 10.1. The van der Waals surface area contributed by atoms with Crippen molar-refractivity contribution in [1.29, 1.82) is 0 Å². The molecule has 0 bridgehead atoms. The van der Waals surface area contributed by atoms with E-state index in [0.717, 1.165) is 57.3 Å². The number of pyridine rings is 1. The molecule has 2 N–H and O–H groups in total. The minimum atomic E-state index is 0.291. The Balaban J connectivity index is 1.63. The largest absolute Gasteiger partial charge is 0.371 e. The lowest BCUT2D eigenvalue weighted by molar-refractivity contribution is 0.389. The van der Waals surface area contributed by atoms with Crippen molar-refractivity contribution >= 4 is 38.5 Å². The van der Waals surface area contributed by atoms with Crippen molar-refractivity contribution in [3.63, 3.8) is 0 Å². The van der Waals surface area contributed by atoms with E-state index in [0.29, 0.717) is 6.04 Å². The molecule has 0 saturated carbocycles. The average Bonchev–Trinajstić information content (AvgIpc) is 3.34. The SMILES string of the molecule is CNc1nc2sc(-c3cccc(C(C)NCCCN(C)C)c3)nc2c2c1ncn2C. The second-order valence-electron chi connectivity index (χ2n) is 7.89. The van der Waals surface area contributed by atoms with Gasteiger partial charge in [0, 0.05) is 25.7 Å². The van der Waals surface area contributed by atoms with Crippen LogP contribution in [0.2, 0.25) is 0 Å². The zero-order valence-electron chi connectivity index (χ0n) is 18.2. The van der Waals surface area contributed by atoms with Gasteiger partial charge in [-0.25, -0.2) is 15.0 Å². The molecule has 7 nitrogen and oxygen atoms in total. The highest BCUT2D eigenvalue weighted by molar-refractivity contribution is 7.21. The van der Waals surface area contributed by atoms with Crippen LogP contribution in [-0.4, -0.2) is 58.7 Å². The smallest absolute Gasteiger partial charge is 0.155 e. The predicted octanol–water partition coefficient (Wildman–Crippen LogP) is 3.89. The summed E-state index contributed by atoms with van der Waals surface area (Å²) in [5.41, 5.74) is 5.17. The standard InChI is InChI=1S/C22H29N7S/c1-14(24-10-7-11-28(3)4)15-8-6-9-16(12-15)21-26-18-19-17(25-13-29(19)5)20(23-2)27-22(18)30-21/h6,8-9,12-14,24H,7,10-11H2,1-5H3,(H,23,27). The summed E-state index contributed by atoms with van der Waals surface area (Å²) in [6.45, 7) is 4.31. The number of anilines is 1. The normalized spacial score (nSPS) is 12.9. The van der Waals surface area contributed by atoms with Gasteiger partial charge in [-0.1, -0.05) is 29.5 Å². The molecular weight excluding hydrogens is 394 g/mol. The first-order valence-electron chi connectivity index (χ1n) is 10.3. The Kier molecular flexibility index (Phi) is 5.99. The van der Waals surface area contributed by atoms with Gasteiger partial charge in [-0.2, -0.15) is 0 Å². The van der Waals surface area contributed by atoms with E-state index >= 15 is 0 Å². The van der Waals surface area contributed by atoms with Crippen molar-refractivity contribution in [2.24, 2.45) is 7.05 Å². The minimum absolute atomic E-state index is 0.291. The number of hydrogen-bond donors (Lipinski definition) is 2. The first-order chi connectivity index (χ1) is 14.5. The number of aromatic nitrogens is 4. The van der Waals surface area contributed by atoms with Crippen LogP contribution >= 0.6 is 11.3 Å². The molecule has 4 rings (SSSR count). The maximum atomic E-state index is 4.96. The third kappa shape index (κ3) is 4.03. The molecule has 0 aliphatic heterocycles. The average molecular weight is 424 g/mol. The molecule has 1 unspecified atom stereocenters. The monoisotopic (exact) mass is 423 g/mol. The topological polar surface area (TPSA) is 70.9 Å². The summed E-state index contributed by atoms with van der Waals surface area (Å²) < 4.78 is 2.01. The molecule has 4 aromatic rings. The van der Waals surface area contributed by atoms with Gasteiger partial charge in [0.2, 0.25) is 0 Å². The Bertz CT molecular complexity index is 1160. The van der Waals surface area contributed by atoms with E-state index in [1.165, 1.54) is 5.56 Å². The van der Waals surface area contributed by atoms with Gasteiger partial charge < -0.3 is 20.1 Å². The van der Waals surface area contributed by atoms with E-state index in [-0.39, 0.29) is 0 Å². The van der Waals surface area contributed by atoms with Crippen molar-refractivity contribution in [3.05, 3.63) is 36.2 Å². The van der Waals surface area contributed by atoms with Crippen LogP contribution in [-0.2, 0) is 7.05 Å². The van der Waals surface area contributed by atoms with Gasteiger partial charge in [-0.15, -0.1) is 0 Å². The molecule has 3 heterocycles. The number of aryl methyl sites for hydroxylation is 1. The quantitative estimate of drug-likeness (QED) is 0.419. The Labute approximate surface area is 181 Å². The van der Waals surface area contributed by atoms with Gasteiger partial charge in [-0.3, -0.25) is 0 Å². The molecule has 0 saturated heterocycles. The second kappa shape index (κ2) is 8.67. The Morgan fingerprint density at radius 3 is 2.80 bits per heavy atom. The molecule has 0 fully saturated rings. The fourth-order valence-electron chi connectivity index (χ4n) is 3.65. The van der Waals surface area contributed by atoms with Gasteiger partial charge in [0.05, 0.1) is 6.33 Å². The van der Waals surface area contributed by atoms with Gasteiger partial charge in [0.25, 0.3) is 0 Å². The summed E-state index contributed by atoms with van der Waals surface area (Å²) in [6.07, 6.45) is 2.95. The van der Waals surface area contributed by atoms with Crippen LogP contribution in [0.4, 0.5) is 5.82 Å². The Morgan fingerprint density at radius 1 is 1.20 bits per heavy atom. The maximum Gasteiger partial charge on any atom is 0.155 e. The number of hydrogen-bond acceptors (Lipinski definition) is 7. The third-order valence-electron chi connectivity index (χ3n) is 5.31. The number of benzene rings is 1. The van der Waals surface area contributed by atoms with Crippen molar-refractivity contribution < 1.29 is 0 Å². The van der Waals surface area contributed by atoms with Crippen LogP contribution in [0.25, 0.3) is 32.0 Å². The molecule has 0 aliphatic rings. The van der Waals surface area contributed by atoms with Gasteiger partial charge in [0.15, 0.2) is 5.82 Å². The molecule has 0 amide bonds. The summed E-state index contributed by atoms with van der Waals surface area (Å²) in [7, 11) is 8.09. The third-order valence-corrected chi connectivity index (χ3v) is 6.31. The Morgan fingerprint density at radius 2 is 2.03 bits per heavy atom. The lowest BCUT2D eigenvalue weighted by Gasteiger charge is -2.16. The van der Waals surface area contributed by atoms with Gasteiger partial charge in [0.1, 0.15) is 26.4 Å². The van der Waals surface area contributed by atoms with E-state index in [1.807, 2.05) is 25.0 Å². The summed E-state index contributed by atoms with van der Waals surface area (Å²) >= 11 is 1.62. The fourth-order valence-corrected chi connectivity index (χ4v) is 4.59. The van der Waals surface area contributed by atoms with Crippen molar-refractivity contribution in [2.45, 2.75) is 19.4 Å². The van der Waals surface area contributed by atoms with Crippen LogP contribution in [0.1, 0.15) is 24.9 Å². The molecule has 1 atom stereocenters. The van der Waals surface area contributed by atoms with Crippen LogP contribution < -0.4 is 10.6 Å². The number of nitrogens with one attached hydrogen (secondary N) is 2. The van der Waals surface area contributed by atoms with Crippen molar-refractivity contribution in [3.8, 4) is 10.6 Å². The first kappa shape index (κ1) is 20.7. The molecule has 0 spiro atoms. The molecule has 0 aliphatic carbocycles. The zero-order chi connectivity index (χ0) is 21.3. The lowest BCUT2D eigenvalue weighted by Crippen LogP contribution is -2.23. The molecule has 0 radical (unpaired) electrons. The highest BCUT2D eigenvalue weighted by Crippen LogP contribution is 2.35. The van der Waals surface area contributed by atoms with E-state index in [4.69, 9.17) is 9.97 Å². The summed E-state index contributed by atoms with van der Waals surface area (Å²) in [5, 5.41) is 7.77. The first-order valence-corrected chi connectivity index (χ1v) is 11.1. The van der Waals surface area contributed by atoms with Crippen LogP contribution in [0.5, 0.6) is 0 Å². The second-order valence-corrected chi connectivity index (χ2v) is 8.87. The molecule has 158 valence electrons. The highest BCUT2D eigenvalue weighted by Gasteiger charge is 2.17. The Hall–Kier alpha value is -2.55. The number of rotatable bonds is 8. The van der Waals surface area contributed by atoms with E-state index in [9.17, 15) is 0 Å².